The van der Waals surface area contributed by atoms with Crippen LogP contribution in [0.2, 0.25) is 5.02 Å². The van der Waals surface area contributed by atoms with E-state index in [0.717, 1.165) is 18.2 Å². The van der Waals surface area contributed by atoms with Crippen molar-refractivity contribution in [3.63, 3.8) is 0 Å². The molecular formula is C20H18ClFN4O3S. The Morgan fingerprint density at radius 2 is 1.90 bits per heavy atom. The van der Waals surface area contributed by atoms with Gasteiger partial charge in [-0.15, -0.1) is 0 Å². The van der Waals surface area contributed by atoms with Gasteiger partial charge in [-0.1, -0.05) is 17.7 Å². The van der Waals surface area contributed by atoms with E-state index in [-0.39, 0.29) is 9.92 Å². The van der Waals surface area contributed by atoms with E-state index in [1.54, 1.807) is 24.4 Å². The maximum absolute atomic E-state index is 13.3. The quantitative estimate of drug-likeness (QED) is 0.554. The molecule has 0 aliphatic carbocycles. The SMILES string of the molecule is O=S(=O)(Cc1cc(N2CCOCC2)nc(-c2ccccn2)n1)c1ccc(F)cc1Cl. The zero-order valence-corrected chi connectivity index (χ0v) is 17.4. The van der Waals surface area contributed by atoms with Crippen LogP contribution in [-0.2, 0) is 20.3 Å². The molecule has 0 bridgehead atoms. The van der Waals surface area contributed by atoms with E-state index in [1.807, 2.05) is 11.0 Å². The number of ether oxygens (including phenoxy) is 1. The Kier molecular flexibility index (Phi) is 5.94. The van der Waals surface area contributed by atoms with Gasteiger partial charge in [0.25, 0.3) is 0 Å². The molecule has 1 saturated heterocycles. The third-order valence-electron chi connectivity index (χ3n) is 4.56. The van der Waals surface area contributed by atoms with Crippen molar-refractivity contribution >= 4 is 27.3 Å². The van der Waals surface area contributed by atoms with Gasteiger partial charge in [-0.3, -0.25) is 4.98 Å². The summed E-state index contributed by atoms with van der Waals surface area (Å²) < 4.78 is 44.6. The van der Waals surface area contributed by atoms with Crippen LogP contribution in [-0.4, -0.2) is 49.7 Å². The first-order chi connectivity index (χ1) is 14.4. The number of morpholine rings is 1. The molecule has 30 heavy (non-hydrogen) atoms. The highest BCUT2D eigenvalue weighted by Gasteiger charge is 2.23. The minimum Gasteiger partial charge on any atom is -0.378 e. The highest BCUT2D eigenvalue weighted by Crippen LogP contribution is 2.27. The predicted molar refractivity (Wildman–Crippen MR) is 111 cm³/mol. The Balaban J connectivity index is 1.74. The van der Waals surface area contributed by atoms with Gasteiger partial charge < -0.3 is 9.64 Å². The van der Waals surface area contributed by atoms with E-state index in [2.05, 4.69) is 15.0 Å². The Labute approximate surface area is 178 Å². The largest absolute Gasteiger partial charge is 0.378 e. The molecular weight excluding hydrogens is 431 g/mol. The minimum absolute atomic E-state index is 0.142. The highest BCUT2D eigenvalue weighted by molar-refractivity contribution is 7.90. The molecule has 1 fully saturated rings. The van der Waals surface area contributed by atoms with Crippen molar-refractivity contribution in [3.05, 3.63) is 65.2 Å². The van der Waals surface area contributed by atoms with Crippen LogP contribution in [0.5, 0.6) is 0 Å². The maximum atomic E-state index is 13.3. The standard InChI is InChI=1S/C20H18ClFN4O3S/c21-16-11-14(22)4-5-18(16)30(27,28)13-15-12-19(26-7-9-29-10-8-26)25-20(24-15)17-3-1-2-6-23-17/h1-6,11-12H,7-10,13H2. The first-order valence-electron chi connectivity index (χ1n) is 9.22. The van der Waals surface area contributed by atoms with Gasteiger partial charge in [0.15, 0.2) is 15.7 Å². The Morgan fingerprint density at radius 3 is 2.60 bits per heavy atom. The summed E-state index contributed by atoms with van der Waals surface area (Å²) in [5, 5.41) is -0.164. The van der Waals surface area contributed by atoms with Crippen molar-refractivity contribution in [1.29, 1.82) is 0 Å². The van der Waals surface area contributed by atoms with Crippen LogP contribution in [0.1, 0.15) is 5.69 Å². The Hall–Kier alpha value is -2.62. The monoisotopic (exact) mass is 448 g/mol. The topological polar surface area (TPSA) is 85.3 Å². The molecule has 4 rings (SSSR count). The molecule has 10 heteroatoms. The van der Waals surface area contributed by atoms with Gasteiger partial charge in [-0.25, -0.2) is 22.8 Å². The summed E-state index contributed by atoms with van der Waals surface area (Å²) in [7, 11) is -3.86. The normalized spacial score (nSPS) is 14.7. The lowest BCUT2D eigenvalue weighted by Crippen LogP contribution is -2.37. The lowest BCUT2D eigenvalue weighted by molar-refractivity contribution is 0.122. The minimum atomic E-state index is -3.86. The molecule has 0 atom stereocenters. The van der Waals surface area contributed by atoms with Crippen molar-refractivity contribution in [2.45, 2.75) is 10.6 Å². The molecule has 0 radical (unpaired) electrons. The van der Waals surface area contributed by atoms with Gasteiger partial charge in [-0.05, 0) is 30.3 Å². The van der Waals surface area contributed by atoms with Crippen LogP contribution in [0.3, 0.4) is 0 Å². The van der Waals surface area contributed by atoms with Crippen molar-refractivity contribution in [1.82, 2.24) is 15.0 Å². The van der Waals surface area contributed by atoms with E-state index in [1.165, 1.54) is 0 Å². The molecule has 0 amide bonds. The summed E-state index contributed by atoms with van der Waals surface area (Å²) in [5.41, 5.74) is 0.832. The molecule has 0 saturated carbocycles. The van der Waals surface area contributed by atoms with Crippen LogP contribution in [0.25, 0.3) is 11.5 Å². The number of benzene rings is 1. The van der Waals surface area contributed by atoms with E-state index in [4.69, 9.17) is 16.3 Å². The lowest BCUT2D eigenvalue weighted by atomic mass is 10.3. The number of hydrogen-bond acceptors (Lipinski definition) is 7. The van der Waals surface area contributed by atoms with Crippen LogP contribution >= 0.6 is 11.6 Å². The summed E-state index contributed by atoms with van der Waals surface area (Å²) in [6, 6.07) is 10.2. The number of halogens is 2. The number of sulfone groups is 1. The van der Waals surface area contributed by atoms with Crippen LogP contribution in [0, 0.1) is 5.82 Å². The Morgan fingerprint density at radius 1 is 1.10 bits per heavy atom. The van der Waals surface area contributed by atoms with Crippen LogP contribution in [0.15, 0.2) is 53.6 Å². The van der Waals surface area contributed by atoms with Gasteiger partial charge in [0.1, 0.15) is 17.3 Å². The molecule has 1 aliphatic rings. The number of anilines is 1. The first-order valence-corrected chi connectivity index (χ1v) is 11.3. The van der Waals surface area contributed by atoms with Gasteiger partial charge in [0.05, 0.1) is 34.6 Å². The molecule has 1 aromatic carbocycles. The van der Waals surface area contributed by atoms with E-state index in [9.17, 15) is 12.8 Å². The van der Waals surface area contributed by atoms with Crippen molar-refractivity contribution in [2.75, 3.05) is 31.2 Å². The molecule has 0 unspecified atom stereocenters. The maximum Gasteiger partial charge on any atom is 0.185 e. The zero-order chi connectivity index (χ0) is 21.1. The average molecular weight is 449 g/mol. The van der Waals surface area contributed by atoms with Crippen LogP contribution < -0.4 is 4.90 Å². The molecule has 1 aliphatic heterocycles. The number of rotatable bonds is 5. The van der Waals surface area contributed by atoms with Crippen molar-refractivity contribution < 1.29 is 17.5 Å². The molecule has 3 heterocycles. The fourth-order valence-electron chi connectivity index (χ4n) is 3.12. The fourth-order valence-corrected chi connectivity index (χ4v) is 4.96. The molecule has 0 N–H and O–H groups in total. The first kappa shape index (κ1) is 20.6. The number of aromatic nitrogens is 3. The third-order valence-corrected chi connectivity index (χ3v) is 6.69. The summed E-state index contributed by atoms with van der Waals surface area (Å²) in [5.74, 6) is -0.0784. The highest BCUT2D eigenvalue weighted by atomic mass is 35.5. The third kappa shape index (κ3) is 4.58. The number of pyridine rings is 1. The van der Waals surface area contributed by atoms with Gasteiger partial charge in [-0.2, -0.15) is 0 Å². The van der Waals surface area contributed by atoms with E-state index in [0.29, 0.717) is 49.3 Å². The molecule has 2 aromatic heterocycles. The van der Waals surface area contributed by atoms with Gasteiger partial charge >= 0.3 is 0 Å². The fraction of sp³-hybridized carbons (Fsp3) is 0.250. The number of hydrogen-bond donors (Lipinski definition) is 0. The molecule has 156 valence electrons. The molecule has 7 nitrogen and oxygen atoms in total. The summed E-state index contributed by atoms with van der Waals surface area (Å²) >= 11 is 5.98. The summed E-state index contributed by atoms with van der Waals surface area (Å²) in [6.07, 6.45) is 1.62. The van der Waals surface area contributed by atoms with E-state index >= 15 is 0 Å². The molecule has 3 aromatic rings. The average Bonchev–Trinajstić information content (AvgIpc) is 2.74. The van der Waals surface area contributed by atoms with Crippen molar-refractivity contribution in [3.8, 4) is 11.5 Å². The second kappa shape index (κ2) is 8.63. The Bertz CT molecular complexity index is 1160. The smallest absolute Gasteiger partial charge is 0.185 e. The van der Waals surface area contributed by atoms with Gasteiger partial charge in [0, 0.05) is 25.4 Å². The van der Waals surface area contributed by atoms with E-state index < -0.39 is 21.4 Å². The lowest BCUT2D eigenvalue weighted by Gasteiger charge is -2.28. The van der Waals surface area contributed by atoms with Gasteiger partial charge in [0.2, 0.25) is 0 Å². The second-order valence-electron chi connectivity index (χ2n) is 6.69. The number of nitrogens with zero attached hydrogens (tertiary/aromatic N) is 4. The zero-order valence-electron chi connectivity index (χ0n) is 15.8. The predicted octanol–water partition coefficient (Wildman–Crippen LogP) is 3.14. The molecule has 0 spiro atoms. The summed E-state index contributed by atoms with van der Waals surface area (Å²) in [4.78, 5) is 15.2. The summed E-state index contributed by atoms with van der Waals surface area (Å²) in [6.45, 7) is 2.38. The van der Waals surface area contributed by atoms with Crippen LogP contribution in [0.4, 0.5) is 10.2 Å². The van der Waals surface area contributed by atoms with Crippen molar-refractivity contribution in [2.24, 2.45) is 0 Å². The second-order valence-corrected chi connectivity index (χ2v) is 9.05.